The van der Waals surface area contributed by atoms with Crippen LogP contribution in [0.1, 0.15) is 16.7 Å². The molecule has 0 fully saturated rings. The van der Waals surface area contributed by atoms with Crippen molar-refractivity contribution in [3.05, 3.63) is 65.5 Å². The van der Waals surface area contributed by atoms with Gasteiger partial charge in [0.1, 0.15) is 0 Å². The second kappa shape index (κ2) is 7.10. The quantitative estimate of drug-likeness (QED) is 0.370. The minimum atomic E-state index is 0. The topological polar surface area (TPSA) is 45.5 Å². The fourth-order valence-electron chi connectivity index (χ4n) is 1.33. The average molecular weight is 259 g/mol. The summed E-state index contributed by atoms with van der Waals surface area (Å²) in [5, 5.41) is 11.4. The van der Waals surface area contributed by atoms with Crippen molar-refractivity contribution in [1.82, 2.24) is 4.98 Å². The van der Waals surface area contributed by atoms with Gasteiger partial charge in [-0.05, 0) is 18.2 Å². The van der Waals surface area contributed by atoms with E-state index in [0.717, 1.165) is 11.1 Å². The average Bonchev–Trinajstić information content (AvgIpc) is 2.39. The Morgan fingerprint density at radius 3 is 2.50 bits per heavy atom. The Balaban J connectivity index is 0.00000162. The molecule has 0 amide bonds. The largest absolute Gasteiger partial charge is 0.411 e. The van der Waals surface area contributed by atoms with E-state index in [9.17, 15) is 0 Å². The molecule has 1 aromatic heterocycles. The second-order valence-electron chi connectivity index (χ2n) is 3.37. The molecule has 2 rings (SSSR count). The lowest BCUT2D eigenvalue weighted by Crippen LogP contribution is -1.85. The van der Waals surface area contributed by atoms with Gasteiger partial charge in [0.25, 0.3) is 0 Å². The van der Waals surface area contributed by atoms with Crippen LogP contribution in [-0.2, 0) is 0 Å². The summed E-state index contributed by atoms with van der Waals surface area (Å²) >= 11 is 0. The van der Waals surface area contributed by atoms with Gasteiger partial charge in [-0.1, -0.05) is 35.2 Å². The fraction of sp³-hybridized carbons (Fsp3) is 0. The summed E-state index contributed by atoms with van der Waals surface area (Å²) < 4.78 is 0. The number of rotatable bonds is 1. The van der Waals surface area contributed by atoms with Crippen LogP contribution in [0, 0.1) is 11.8 Å². The monoisotopic (exact) mass is 258 g/mol. The summed E-state index contributed by atoms with van der Waals surface area (Å²) in [6.07, 6.45) is 4.60. The summed E-state index contributed by atoms with van der Waals surface area (Å²) in [6.45, 7) is 0. The standard InChI is InChI=1S/C14H10N2O.ClH/c17-16-11-14-8-13(9-15-10-14)7-6-12-4-2-1-3-5-12;/h1-5,8-11,17H;1H/b16-11+;. The Hall–Kier alpha value is -2.31. The molecule has 1 heterocycles. The lowest BCUT2D eigenvalue weighted by atomic mass is 10.2. The molecule has 2 aromatic rings. The van der Waals surface area contributed by atoms with E-state index in [0.29, 0.717) is 5.56 Å². The first-order chi connectivity index (χ1) is 8.38. The number of halogens is 1. The molecule has 0 spiro atoms. The third kappa shape index (κ3) is 3.93. The highest BCUT2D eigenvalue weighted by Gasteiger charge is 1.91. The normalized spacial score (nSPS) is 9.33. The smallest absolute Gasteiger partial charge is 0.0749 e. The van der Waals surface area contributed by atoms with Gasteiger partial charge in [0.15, 0.2) is 0 Å². The van der Waals surface area contributed by atoms with Crippen LogP contribution in [0.5, 0.6) is 0 Å². The predicted molar refractivity (Wildman–Crippen MR) is 73.3 cm³/mol. The highest BCUT2D eigenvalue weighted by molar-refractivity contribution is 5.85. The van der Waals surface area contributed by atoms with Gasteiger partial charge >= 0.3 is 0 Å². The van der Waals surface area contributed by atoms with Crippen molar-refractivity contribution in [1.29, 1.82) is 0 Å². The van der Waals surface area contributed by atoms with E-state index in [-0.39, 0.29) is 12.4 Å². The van der Waals surface area contributed by atoms with Crippen LogP contribution in [0.15, 0.2) is 53.9 Å². The van der Waals surface area contributed by atoms with Crippen molar-refractivity contribution in [2.75, 3.05) is 0 Å². The molecule has 0 atom stereocenters. The second-order valence-corrected chi connectivity index (χ2v) is 3.37. The molecular weight excluding hydrogens is 248 g/mol. The number of oxime groups is 1. The van der Waals surface area contributed by atoms with Crippen molar-refractivity contribution >= 4 is 18.6 Å². The lowest BCUT2D eigenvalue weighted by molar-refractivity contribution is 0.322. The molecule has 90 valence electrons. The van der Waals surface area contributed by atoms with Crippen molar-refractivity contribution in [2.24, 2.45) is 5.16 Å². The van der Waals surface area contributed by atoms with Crippen molar-refractivity contribution in [3.8, 4) is 11.8 Å². The Labute approximate surface area is 112 Å². The van der Waals surface area contributed by atoms with E-state index >= 15 is 0 Å². The van der Waals surface area contributed by atoms with E-state index in [1.54, 1.807) is 12.4 Å². The molecule has 1 aromatic carbocycles. The predicted octanol–water partition coefficient (Wildman–Crippen LogP) is 2.71. The molecule has 0 aliphatic rings. The number of hydrogen-bond donors (Lipinski definition) is 1. The van der Waals surface area contributed by atoms with Crippen LogP contribution < -0.4 is 0 Å². The zero-order valence-corrected chi connectivity index (χ0v) is 10.3. The molecule has 0 saturated carbocycles. The summed E-state index contributed by atoms with van der Waals surface area (Å²) in [5.74, 6) is 6.04. The van der Waals surface area contributed by atoms with Gasteiger partial charge < -0.3 is 5.21 Å². The van der Waals surface area contributed by atoms with E-state index in [2.05, 4.69) is 22.0 Å². The maximum atomic E-state index is 8.42. The van der Waals surface area contributed by atoms with E-state index in [1.165, 1.54) is 6.21 Å². The third-order valence-electron chi connectivity index (χ3n) is 2.09. The molecule has 0 aliphatic carbocycles. The third-order valence-corrected chi connectivity index (χ3v) is 2.09. The van der Waals surface area contributed by atoms with E-state index < -0.39 is 0 Å². The van der Waals surface area contributed by atoms with Crippen LogP contribution >= 0.6 is 12.4 Å². The molecule has 0 unspecified atom stereocenters. The fourth-order valence-corrected chi connectivity index (χ4v) is 1.33. The van der Waals surface area contributed by atoms with Crippen molar-refractivity contribution in [3.63, 3.8) is 0 Å². The highest BCUT2D eigenvalue weighted by atomic mass is 35.5. The molecule has 18 heavy (non-hydrogen) atoms. The van der Waals surface area contributed by atoms with Gasteiger partial charge in [-0.2, -0.15) is 0 Å². The van der Waals surface area contributed by atoms with Gasteiger partial charge in [0.2, 0.25) is 0 Å². The Morgan fingerprint density at radius 1 is 1.06 bits per heavy atom. The van der Waals surface area contributed by atoms with Crippen LogP contribution in [0.25, 0.3) is 0 Å². The van der Waals surface area contributed by atoms with Gasteiger partial charge in [-0.15, -0.1) is 12.4 Å². The number of hydrogen-bond acceptors (Lipinski definition) is 3. The molecule has 0 bridgehead atoms. The Kier molecular flexibility index (Phi) is 5.43. The van der Waals surface area contributed by atoms with Crippen LogP contribution in [0.3, 0.4) is 0 Å². The lowest BCUT2D eigenvalue weighted by Gasteiger charge is -1.92. The minimum absolute atomic E-state index is 0. The number of aromatic nitrogens is 1. The minimum Gasteiger partial charge on any atom is -0.411 e. The maximum absolute atomic E-state index is 8.42. The van der Waals surface area contributed by atoms with Gasteiger partial charge in [-0.3, -0.25) is 4.98 Å². The van der Waals surface area contributed by atoms with Gasteiger partial charge in [-0.25, -0.2) is 0 Å². The first kappa shape index (κ1) is 13.8. The van der Waals surface area contributed by atoms with Crippen LogP contribution in [-0.4, -0.2) is 16.4 Å². The van der Waals surface area contributed by atoms with Crippen LogP contribution in [0.2, 0.25) is 0 Å². The van der Waals surface area contributed by atoms with Gasteiger partial charge in [0.05, 0.1) is 6.21 Å². The number of nitrogens with zero attached hydrogens (tertiary/aromatic N) is 2. The Morgan fingerprint density at radius 2 is 1.78 bits per heavy atom. The molecular formula is C14H11ClN2O. The van der Waals surface area contributed by atoms with E-state index in [1.807, 2.05) is 36.4 Å². The van der Waals surface area contributed by atoms with E-state index in [4.69, 9.17) is 5.21 Å². The molecule has 0 saturated heterocycles. The molecule has 0 aliphatic heterocycles. The number of pyridine rings is 1. The summed E-state index contributed by atoms with van der Waals surface area (Å²) in [4.78, 5) is 4.01. The summed E-state index contributed by atoms with van der Waals surface area (Å²) in [6, 6.07) is 11.5. The zero-order chi connectivity index (χ0) is 11.9. The molecule has 3 nitrogen and oxygen atoms in total. The van der Waals surface area contributed by atoms with Gasteiger partial charge in [0, 0.05) is 29.1 Å². The van der Waals surface area contributed by atoms with Crippen molar-refractivity contribution in [2.45, 2.75) is 0 Å². The first-order valence-electron chi connectivity index (χ1n) is 5.08. The maximum Gasteiger partial charge on any atom is 0.0749 e. The Bertz CT molecular complexity index is 585. The zero-order valence-electron chi connectivity index (χ0n) is 9.45. The molecule has 4 heteroatoms. The SMILES string of the molecule is Cl.O/N=C/c1cncc(C#Cc2ccccc2)c1. The van der Waals surface area contributed by atoms with Crippen molar-refractivity contribution < 1.29 is 5.21 Å². The number of benzene rings is 1. The first-order valence-corrected chi connectivity index (χ1v) is 5.08. The van der Waals surface area contributed by atoms with Crippen LogP contribution in [0.4, 0.5) is 0 Å². The summed E-state index contributed by atoms with van der Waals surface area (Å²) in [5.41, 5.74) is 2.45. The summed E-state index contributed by atoms with van der Waals surface area (Å²) in [7, 11) is 0. The highest BCUT2D eigenvalue weighted by Crippen LogP contribution is 2.00. The molecule has 0 radical (unpaired) electrons. The molecule has 1 N–H and O–H groups in total.